The first kappa shape index (κ1) is 16.8. The van der Waals surface area contributed by atoms with Crippen molar-refractivity contribution >= 4 is 5.97 Å². The Bertz CT molecular complexity index is 316. The van der Waals surface area contributed by atoms with E-state index in [-0.39, 0.29) is 11.9 Å². The minimum absolute atomic E-state index is 0.0638. The lowest BCUT2D eigenvalue weighted by Gasteiger charge is -2.41. The van der Waals surface area contributed by atoms with Crippen molar-refractivity contribution in [1.29, 1.82) is 0 Å². The third-order valence-electron chi connectivity index (χ3n) is 5.60. The summed E-state index contributed by atoms with van der Waals surface area (Å²) in [5.41, 5.74) is 0. The molecule has 21 heavy (non-hydrogen) atoms. The number of carbonyl (C=O) groups is 1. The van der Waals surface area contributed by atoms with Gasteiger partial charge < -0.3 is 9.64 Å². The number of fused-ring (bicyclic) bond motifs is 1. The lowest BCUT2D eigenvalue weighted by molar-refractivity contribution is -0.940. The Morgan fingerprint density at radius 2 is 2.00 bits per heavy atom. The van der Waals surface area contributed by atoms with E-state index < -0.39 is 0 Å². The Hall–Kier alpha value is -0.570. The highest BCUT2D eigenvalue weighted by molar-refractivity contribution is 5.72. The number of quaternary nitrogens is 1. The van der Waals surface area contributed by atoms with Crippen LogP contribution >= 0.6 is 0 Å². The van der Waals surface area contributed by atoms with Gasteiger partial charge in [0.05, 0.1) is 31.7 Å². The predicted molar refractivity (Wildman–Crippen MR) is 85.3 cm³/mol. The van der Waals surface area contributed by atoms with E-state index in [0.717, 1.165) is 31.7 Å². The highest BCUT2D eigenvalue weighted by Gasteiger charge is 2.37. The maximum atomic E-state index is 12.3. The van der Waals surface area contributed by atoms with Crippen LogP contribution in [-0.4, -0.2) is 31.7 Å². The summed E-state index contributed by atoms with van der Waals surface area (Å²) in [6.07, 6.45) is 10.9. The van der Waals surface area contributed by atoms with Gasteiger partial charge >= 0.3 is 5.97 Å². The number of hydrogen-bond acceptors (Lipinski definition) is 2. The summed E-state index contributed by atoms with van der Waals surface area (Å²) in [7, 11) is 0. The zero-order valence-electron chi connectivity index (χ0n) is 14.0. The van der Waals surface area contributed by atoms with Crippen LogP contribution in [0.3, 0.4) is 0 Å². The van der Waals surface area contributed by atoms with Gasteiger partial charge in [-0.3, -0.25) is 4.79 Å². The van der Waals surface area contributed by atoms with Crippen molar-refractivity contribution in [2.24, 2.45) is 11.8 Å². The third-order valence-corrected chi connectivity index (χ3v) is 5.60. The average molecular weight is 296 g/mol. The standard InChI is InChI=1S/C18H33NO2/c1-3-5-9-15(4-2)18(20)21-14-16-10-8-13-19-12-7-6-11-17(16)19/h15-17H,3-14H2,1-2H3/p+1/t15-,16-,17-/m1/s1. The molecule has 2 rings (SSSR count). The molecular weight excluding hydrogens is 262 g/mol. The van der Waals surface area contributed by atoms with Crippen molar-refractivity contribution in [3.8, 4) is 0 Å². The van der Waals surface area contributed by atoms with Gasteiger partial charge in [-0.1, -0.05) is 26.7 Å². The summed E-state index contributed by atoms with van der Waals surface area (Å²) in [5, 5.41) is 0. The van der Waals surface area contributed by atoms with Crippen LogP contribution in [0.4, 0.5) is 0 Å². The van der Waals surface area contributed by atoms with E-state index in [9.17, 15) is 4.79 Å². The van der Waals surface area contributed by atoms with Crippen molar-refractivity contribution in [2.75, 3.05) is 19.7 Å². The van der Waals surface area contributed by atoms with E-state index in [1.807, 2.05) is 0 Å². The van der Waals surface area contributed by atoms with Crippen LogP contribution in [0.1, 0.15) is 71.6 Å². The summed E-state index contributed by atoms with van der Waals surface area (Å²) >= 11 is 0. The molecule has 122 valence electrons. The van der Waals surface area contributed by atoms with Crippen LogP contribution in [0.2, 0.25) is 0 Å². The lowest BCUT2D eigenvalue weighted by atomic mass is 9.84. The summed E-state index contributed by atoms with van der Waals surface area (Å²) in [6.45, 7) is 7.64. The van der Waals surface area contributed by atoms with Gasteiger partial charge in [-0.25, -0.2) is 0 Å². The maximum absolute atomic E-state index is 12.3. The second-order valence-electron chi connectivity index (χ2n) is 7.04. The Morgan fingerprint density at radius 3 is 2.76 bits per heavy atom. The molecule has 0 spiro atoms. The fourth-order valence-electron chi connectivity index (χ4n) is 4.22. The van der Waals surface area contributed by atoms with Crippen LogP contribution in [0.5, 0.6) is 0 Å². The molecule has 4 atom stereocenters. The molecule has 1 unspecified atom stereocenters. The van der Waals surface area contributed by atoms with Crippen molar-refractivity contribution < 1.29 is 14.4 Å². The van der Waals surface area contributed by atoms with Gasteiger partial charge in [0.25, 0.3) is 0 Å². The summed E-state index contributed by atoms with van der Waals surface area (Å²) in [6, 6.07) is 0.760. The molecule has 0 bridgehead atoms. The van der Waals surface area contributed by atoms with Gasteiger partial charge in [0.15, 0.2) is 0 Å². The second-order valence-corrected chi connectivity index (χ2v) is 7.04. The molecule has 1 N–H and O–H groups in total. The van der Waals surface area contributed by atoms with E-state index in [1.165, 1.54) is 45.2 Å². The van der Waals surface area contributed by atoms with E-state index in [0.29, 0.717) is 12.5 Å². The fraction of sp³-hybridized carbons (Fsp3) is 0.944. The Kier molecular flexibility index (Phi) is 7.01. The van der Waals surface area contributed by atoms with E-state index in [1.54, 1.807) is 4.90 Å². The molecular formula is C18H34NO2+. The number of unbranched alkanes of at least 4 members (excludes halogenated alkanes) is 1. The quantitative estimate of drug-likeness (QED) is 0.732. The Morgan fingerprint density at radius 1 is 1.19 bits per heavy atom. The normalized spacial score (nSPS) is 30.5. The smallest absolute Gasteiger partial charge is 0.308 e. The fourth-order valence-corrected chi connectivity index (χ4v) is 4.22. The van der Waals surface area contributed by atoms with Gasteiger partial charge in [-0.05, 0) is 44.9 Å². The molecule has 0 aromatic carbocycles. The predicted octanol–water partition coefficient (Wildman–Crippen LogP) is 2.59. The molecule has 2 aliphatic rings. The first-order chi connectivity index (χ1) is 10.3. The number of ether oxygens (including phenoxy) is 1. The molecule has 3 heteroatoms. The zero-order chi connectivity index (χ0) is 15.1. The number of carbonyl (C=O) groups excluding carboxylic acids is 1. The van der Waals surface area contributed by atoms with Crippen molar-refractivity contribution in [1.82, 2.24) is 0 Å². The molecule has 0 aromatic heterocycles. The topological polar surface area (TPSA) is 30.7 Å². The number of hydrogen-bond donors (Lipinski definition) is 1. The lowest BCUT2D eigenvalue weighted by Crippen LogP contribution is -3.18. The van der Waals surface area contributed by atoms with Crippen LogP contribution in [-0.2, 0) is 9.53 Å². The van der Waals surface area contributed by atoms with Gasteiger partial charge in [0.1, 0.15) is 0 Å². The molecule has 2 heterocycles. The van der Waals surface area contributed by atoms with Crippen molar-refractivity contribution in [3.63, 3.8) is 0 Å². The largest absolute Gasteiger partial charge is 0.465 e. The van der Waals surface area contributed by atoms with Crippen LogP contribution in [0, 0.1) is 11.8 Å². The minimum atomic E-state index is 0.0638. The number of rotatable bonds is 7. The second kappa shape index (κ2) is 8.77. The van der Waals surface area contributed by atoms with Crippen molar-refractivity contribution in [3.05, 3.63) is 0 Å². The number of nitrogens with one attached hydrogen (secondary N) is 1. The van der Waals surface area contributed by atoms with Gasteiger partial charge in [0.2, 0.25) is 0 Å². The zero-order valence-corrected chi connectivity index (χ0v) is 14.0. The van der Waals surface area contributed by atoms with Gasteiger partial charge in [-0.2, -0.15) is 0 Å². The number of piperidine rings is 2. The summed E-state index contributed by atoms with van der Waals surface area (Å²) in [4.78, 5) is 14.0. The summed E-state index contributed by atoms with van der Waals surface area (Å²) < 4.78 is 5.73. The first-order valence-corrected chi connectivity index (χ1v) is 9.27. The Balaban J connectivity index is 1.79. The molecule has 2 saturated heterocycles. The SMILES string of the molecule is CCCC[C@@H](CC)C(=O)OC[C@H]1CCC[NH+]2CCCC[C@H]12. The minimum Gasteiger partial charge on any atom is -0.465 e. The van der Waals surface area contributed by atoms with Crippen molar-refractivity contribution in [2.45, 2.75) is 77.7 Å². The molecule has 0 saturated carbocycles. The van der Waals surface area contributed by atoms with Crippen LogP contribution in [0.25, 0.3) is 0 Å². The molecule has 0 aliphatic carbocycles. The first-order valence-electron chi connectivity index (χ1n) is 9.27. The monoisotopic (exact) mass is 296 g/mol. The van der Waals surface area contributed by atoms with Gasteiger partial charge in [-0.15, -0.1) is 0 Å². The highest BCUT2D eigenvalue weighted by Crippen LogP contribution is 2.22. The van der Waals surface area contributed by atoms with E-state index >= 15 is 0 Å². The number of esters is 1. The summed E-state index contributed by atoms with van der Waals surface area (Å²) in [5.74, 6) is 0.805. The average Bonchev–Trinajstić information content (AvgIpc) is 2.53. The Labute approximate surface area is 130 Å². The molecule has 2 aliphatic heterocycles. The van der Waals surface area contributed by atoms with E-state index in [4.69, 9.17) is 4.74 Å². The molecule has 0 amide bonds. The van der Waals surface area contributed by atoms with E-state index in [2.05, 4.69) is 13.8 Å². The highest BCUT2D eigenvalue weighted by atomic mass is 16.5. The van der Waals surface area contributed by atoms with Crippen LogP contribution < -0.4 is 4.90 Å². The molecule has 0 aromatic rings. The molecule has 3 nitrogen and oxygen atoms in total. The van der Waals surface area contributed by atoms with Crippen LogP contribution in [0.15, 0.2) is 0 Å². The maximum Gasteiger partial charge on any atom is 0.308 e. The molecule has 0 radical (unpaired) electrons. The molecule has 2 fully saturated rings. The third kappa shape index (κ3) is 4.70. The van der Waals surface area contributed by atoms with Gasteiger partial charge in [0, 0.05) is 5.92 Å².